The molecule has 0 aliphatic carbocycles. The minimum Gasteiger partial charge on any atom is -0.370 e. The lowest BCUT2D eigenvalue weighted by Crippen LogP contribution is -2.25. The van der Waals surface area contributed by atoms with Crippen LogP contribution in [0.5, 0.6) is 0 Å². The lowest BCUT2D eigenvalue weighted by molar-refractivity contribution is 0.256. The highest BCUT2D eigenvalue weighted by molar-refractivity contribution is 7.45. The summed E-state index contributed by atoms with van der Waals surface area (Å²) in [7, 11) is -4.64. The first-order valence-electron chi connectivity index (χ1n) is 2.30. The van der Waals surface area contributed by atoms with Crippen LogP contribution in [-0.2, 0) is 4.57 Å². The zero-order valence-corrected chi connectivity index (χ0v) is 6.68. The molecular weight excluding hydrogens is 191 g/mol. The van der Waals surface area contributed by atoms with Gasteiger partial charge >= 0.3 is 13.9 Å². The summed E-state index contributed by atoms with van der Waals surface area (Å²) < 4.78 is 8.88. The van der Waals surface area contributed by atoms with Gasteiger partial charge in [0.1, 0.15) is 0 Å². The molecule has 9 N–H and O–H groups in total. The normalized spacial score (nSPS) is 9.25. The molecule has 0 spiro atoms. The maximum Gasteiger partial charge on any atom is 0.466 e. The average Bonchev–Trinajstić information content (AvgIpc) is 1.52. The second-order valence-corrected chi connectivity index (χ2v) is 2.41. The van der Waals surface area contributed by atoms with Crippen LogP contribution in [0.15, 0.2) is 4.99 Å². The smallest absolute Gasteiger partial charge is 0.370 e. The summed E-state index contributed by atoms with van der Waals surface area (Å²) in [4.78, 5) is 34.1. The van der Waals surface area contributed by atoms with Crippen molar-refractivity contribution >= 4 is 19.8 Å². The maximum absolute atomic E-state index is 9.68. The predicted molar refractivity (Wildman–Crippen MR) is 39.7 cm³/mol. The number of rotatable bonds is 0. The molecule has 0 aromatic carbocycles. The summed E-state index contributed by atoms with van der Waals surface area (Å²) in [6.07, 6.45) is 0. The fourth-order valence-electron chi connectivity index (χ4n) is 0.127. The van der Waals surface area contributed by atoms with Crippen LogP contribution in [0.1, 0.15) is 0 Å². The molecule has 0 heterocycles. The van der Waals surface area contributed by atoms with Crippen molar-refractivity contribution in [2.45, 2.75) is 0 Å². The minimum atomic E-state index is -4.64. The van der Waals surface area contributed by atoms with Gasteiger partial charge < -0.3 is 31.9 Å². The zero-order chi connectivity index (χ0) is 10.4. The van der Waals surface area contributed by atoms with Gasteiger partial charge in [-0.2, -0.15) is 4.99 Å². The second kappa shape index (κ2) is 5.49. The van der Waals surface area contributed by atoms with E-state index in [1.807, 2.05) is 0 Å². The molecule has 0 aliphatic rings. The third-order valence-electron chi connectivity index (χ3n) is 0.239. The number of hydrogen-bond donors (Lipinski definition) is 6. The van der Waals surface area contributed by atoms with Crippen LogP contribution in [0, 0.1) is 0 Å². The van der Waals surface area contributed by atoms with Crippen molar-refractivity contribution in [2.75, 3.05) is 0 Å². The third kappa shape index (κ3) is 67.1. The highest BCUT2D eigenvalue weighted by Crippen LogP contribution is 2.25. The van der Waals surface area contributed by atoms with Crippen LogP contribution in [0.2, 0.25) is 0 Å². The van der Waals surface area contributed by atoms with E-state index in [0.717, 1.165) is 0 Å². The number of nitrogens with zero attached hydrogens (tertiary/aromatic N) is 1. The van der Waals surface area contributed by atoms with Gasteiger partial charge in [-0.25, -0.2) is 9.36 Å². The molecule has 12 heavy (non-hydrogen) atoms. The van der Waals surface area contributed by atoms with E-state index in [1.54, 1.807) is 0 Å². The lowest BCUT2D eigenvalue weighted by atomic mass is 11.0. The van der Waals surface area contributed by atoms with E-state index in [4.69, 9.17) is 30.7 Å². The number of urea groups is 1. The highest BCUT2D eigenvalue weighted by atomic mass is 31.2. The molecule has 0 rings (SSSR count). The SMILES string of the molecule is NC(=O)N=C(N)N.O=P(O)(O)O. The molecule has 0 fully saturated rings. The lowest BCUT2D eigenvalue weighted by Gasteiger charge is -1.82. The maximum atomic E-state index is 9.68. The number of carbonyl (C=O) groups excluding carboxylic acids is 1. The van der Waals surface area contributed by atoms with Gasteiger partial charge in [0, 0.05) is 0 Å². The first kappa shape index (κ1) is 13.4. The average molecular weight is 200 g/mol. The summed E-state index contributed by atoms with van der Waals surface area (Å²) in [5.74, 6) is -0.312. The first-order valence-corrected chi connectivity index (χ1v) is 3.87. The van der Waals surface area contributed by atoms with Crippen molar-refractivity contribution in [3.8, 4) is 0 Å². The molecule has 0 saturated carbocycles. The van der Waals surface area contributed by atoms with Gasteiger partial charge in [0.05, 0.1) is 0 Å². The fraction of sp³-hybridized carbons (Fsp3) is 0. The Hall–Kier alpha value is -1.15. The van der Waals surface area contributed by atoms with Gasteiger partial charge in [0.15, 0.2) is 5.96 Å². The Morgan fingerprint density at radius 3 is 1.42 bits per heavy atom. The van der Waals surface area contributed by atoms with E-state index >= 15 is 0 Å². The van der Waals surface area contributed by atoms with Gasteiger partial charge in [0.2, 0.25) is 0 Å². The van der Waals surface area contributed by atoms with Crippen molar-refractivity contribution < 1.29 is 24.0 Å². The standard InChI is InChI=1S/C2H6N4O.H3O4P/c3-1(4)6-2(5)7;1-5(2,3)4/h(H6,3,4,5,6,7);(H3,1,2,3,4). The molecule has 0 atom stereocenters. The molecule has 0 aliphatic heterocycles. The van der Waals surface area contributed by atoms with Crippen molar-refractivity contribution in [1.82, 2.24) is 0 Å². The zero-order valence-electron chi connectivity index (χ0n) is 5.78. The summed E-state index contributed by atoms with van der Waals surface area (Å²) in [5.41, 5.74) is 13.9. The second-order valence-electron chi connectivity index (χ2n) is 1.39. The molecule has 0 saturated heterocycles. The molecule has 9 nitrogen and oxygen atoms in total. The molecule has 2 amide bonds. The Labute approximate surface area is 67.1 Å². The molecule has 0 aromatic heterocycles. The number of nitrogens with two attached hydrogens (primary N) is 3. The first-order chi connectivity index (χ1) is 5.13. The van der Waals surface area contributed by atoms with Crippen LogP contribution in [-0.4, -0.2) is 26.7 Å². The van der Waals surface area contributed by atoms with E-state index in [0.29, 0.717) is 0 Å². The molecule has 72 valence electrons. The molecule has 0 unspecified atom stereocenters. The van der Waals surface area contributed by atoms with E-state index < -0.39 is 13.9 Å². The van der Waals surface area contributed by atoms with Gasteiger partial charge in [-0.15, -0.1) is 0 Å². The van der Waals surface area contributed by atoms with Gasteiger partial charge in [-0.05, 0) is 0 Å². The van der Waals surface area contributed by atoms with Crippen molar-refractivity contribution in [3.05, 3.63) is 0 Å². The van der Waals surface area contributed by atoms with Gasteiger partial charge in [-0.3, -0.25) is 0 Å². The topological polar surface area (TPSA) is 185 Å². The molecule has 0 radical (unpaired) electrons. The van der Waals surface area contributed by atoms with Crippen molar-refractivity contribution in [1.29, 1.82) is 0 Å². The Balaban J connectivity index is 0. The highest BCUT2D eigenvalue weighted by Gasteiger charge is 2.00. The van der Waals surface area contributed by atoms with Crippen molar-refractivity contribution in [3.63, 3.8) is 0 Å². The summed E-state index contributed by atoms with van der Waals surface area (Å²) in [6, 6.07) is -0.875. The Morgan fingerprint density at radius 2 is 1.42 bits per heavy atom. The van der Waals surface area contributed by atoms with Gasteiger partial charge in [-0.1, -0.05) is 0 Å². The largest absolute Gasteiger partial charge is 0.466 e. The van der Waals surface area contributed by atoms with Crippen LogP contribution >= 0.6 is 7.82 Å². The molecule has 10 heteroatoms. The number of phosphoric acid groups is 1. The fourth-order valence-corrected chi connectivity index (χ4v) is 0.127. The number of guanidine groups is 1. The monoisotopic (exact) mass is 200 g/mol. The molecule has 0 aromatic rings. The van der Waals surface area contributed by atoms with E-state index in [1.165, 1.54) is 0 Å². The number of aliphatic imine (C=N–C) groups is 1. The number of hydrogen-bond acceptors (Lipinski definition) is 2. The summed E-state index contributed by atoms with van der Waals surface area (Å²) in [5, 5.41) is 0. The van der Waals surface area contributed by atoms with Crippen LogP contribution in [0.4, 0.5) is 4.79 Å². The Bertz CT molecular complexity index is 207. The minimum absolute atomic E-state index is 0.312. The van der Waals surface area contributed by atoms with E-state index in [2.05, 4.69) is 10.7 Å². The van der Waals surface area contributed by atoms with E-state index in [-0.39, 0.29) is 5.96 Å². The number of amides is 2. The quantitative estimate of drug-likeness (QED) is 0.140. The van der Waals surface area contributed by atoms with Gasteiger partial charge in [0.25, 0.3) is 0 Å². The molecular formula is C2H9N4O5P. The number of carbonyl (C=O) groups is 1. The molecule has 0 bridgehead atoms. The Kier molecular flexibility index (Phi) is 6.15. The van der Waals surface area contributed by atoms with E-state index in [9.17, 15) is 4.79 Å². The third-order valence-corrected chi connectivity index (χ3v) is 0.239. The van der Waals surface area contributed by atoms with Crippen LogP contribution in [0.3, 0.4) is 0 Å². The Morgan fingerprint density at radius 1 is 1.17 bits per heavy atom. The van der Waals surface area contributed by atoms with Crippen LogP contribution in [0.25, 0.3) is 0 Å². The summed E-state index contributed by atoms with van der Waals surface area (Å²) >= 11 is 0. The van der Waals surface area contributed by atoms with Crippen molar-refractivity contribution in [2.24, 2.45) is 22.2 Å². The predicted octanol–water partition coefficient (Wildman–Crippen LogP) is -2.59. The van der Waals surface area contributed by atoms with Crippen LogP contribution < -0.4 is 17.2 Å². The number of primary amides is 1. The summed E-state index contributed by atoms with van der Waals surface area (Å²) in [6.45, 7) is 0.